The van der Waals surface area contributed by atoms with E-state index in [2.05, 4.69) is 0 Å². The van der Waals surface area contributed by atoms with Crippen LogP contribution in [0.25, 0.3) is 0 Å². The molecule has 0 saturated heterocycles. The molecule has 2 atom stereocenters. The van der Waals surface area contributed by atoms with E-state index in [-0.39, 0.29) is 5.91 Å². The SMILES string of the molecule is CCN(CC)C(=O)C(C)Oc1cc(OC)ccc1C(C)O. The van der Waals surface area contributed by atoms with Crippen LogP contribution in [0.1, 0.15) is 39.4 Å². The predicted octanol–water partition coefficient (Wildman–Crippen LogP) is 2.38. The van der Waals surface area contributed by atoms with Crippen molar-refractivity contribution in [2.75, 3.05) is 20.2 Å². The second-order valence-corrected chi connectivity index (χ2v) is 4.85. The van der Waals surface area contributed by atoms with Gasteiger partial charge < -0.3 is 19.5 Å². The minimum absolute atomic E-state index is 0.0700. The van der Waals surface area contributed by atoms with Crippen molar-refractivity contribution >= 4 is 5.91 Å². The van der Waals surface area contributed by atoms with Gasteiger partial charge in [0.2, 0.25) is 0 Å². The minimum Gasteiger partial charge on any atom is -0.497 e. The molecule has 2 unspecified atom stereocenters. The second kappa shape index (κ2) is 7.88. The Balaban J connectivity index is 2.97. The standard InChI is InChI=1S/C16H25NO4/c1-6-17(7-2)16(19)12(4)21-15-10-13(20-5)8-9-14(15)11(3)18/h8-12,18H,6-7H2,1-5H3. The smallest absolute Gasteiger partial charge is 0.263 e. The zero-order valence-corrected chi connectivity index (χ0v) is 13.4. The molecule has 1 N–H and O–H groups in total. The molecule has 0 saturated carbocycles. The van der Waals surface area contributed by atoms with Gasteiger partial charge in [-0.15, -0.1) is 0 Å². The van der Waals surface area contributed by atoms with E-state index in [1.54, 1.807) is 44.1 Å². The van der Waals surface area contributed by atoms with Crippen LogP contribution in [-0.4, -0.2) is 42.2 Å². The molecule has 0 heterocycles. The monoisotopic (exact) mass is 295 g/mol. The number of rotatable bonds is 7. The van der Waals surface area contributed by atoms with Crippen LogP contribution in [0.4, 0.5) is 0 Å². The first-order valence-electron chi connectivity index (χ1n) is 7.25. The first-order chi connectivity index (χ1) is 9.94. The molecule has 0 aromatic heterocycles. The van der Waals surface area contributed by atoms with Crippen LogP contribution in [-0.2, 0) is 4.79 Å². The Bertz CT molecular complexity index is 469. The molecule has 1 rings (SSSR count). The van der Waals surface area contributed by atoms with Gasteiger partial charge in [-0.05, 0) is 39.8 Å². The fraction of sp³-hybridized carbons (Fsp3) is 0.562. The number of carbonyl (C=O) groups excluding carboxylic acids is 1. The number of aliphatic hydroxyl groups is 1. The third-order valence-corrected chi connectivity index (χ3v) is 3.40. The third kappa shape index (κ3) is 4.36. The summed E-state index contributed by atoms with van der Waals surface area (Å²) in [5, 5.41) is 9.81. The minimum atomic E-state index is -0.679. The fourth-order valence-electron chi connectivity index (χ4n) is 2.12. The van der Waals surface area contributed by atoms with Crippen molar-refractivity contribution in [3.05, 3.63) is 23.8 Å². The second-order valence-electron chi connectivity index (χ2n) is 4.85. The summed E-state index contributed by atoms with van der Waals surface area (Å²) in [6, 6.07) is 5.19. The van der Waals surface area contributed by atoms with E-state index in [4.69, 9.17) is 9.47 Å². The molecule has 118 valence electrons. The van der Waals surface area contributed by atoms with Crippen molar-refractivity contribution in [1.82, 2.24) is 4.90 Å². The van der Waals surface area contributed by atoms with E-state index in [0.717, 1.165) is 0 Å². The fourth-order valence-corrected chi connectivity index (χ4v) is 2.12. The number of hydrogen-bond acceptors (Lipinski definition) is 4. The molecule has 5 heteroatoms. The first kappa shape index (κ1) is 17.3. The van der Waals surface area contributed by atoms with Gasteiger partial charge in [0, 0.05) is 24.7 Å². The van der Waals surface area contributed by atoms with E-state index in [9.17, 15) is 9.90 Å². The van der Waals surface area contributed by atoms with Crippen LogP contribution in [0.5, 0.6) is 11.5 Å². The molecule has 0 spiro atoms. The van der Waals surface area contributed by atoms with Gasteiger partial charge in [-0.25, -0.2) is 0 Å². The Kier molecular flexibility index (Phi) is 6.49. The maximum absolute atomic E-state index is 12.3. The predicted molar refractivity (Wildman–Crippen MR) is 81.6 cm³/mol. The van der Waals surface area contributed by atoms with E-state index >= 15 is 0 Å². The summed E-state index contributed by atoms with van der Waals surface area (Å²) < 4.78 is 10.9. The number of carbonyl (C=O) groups is 1. The Labute approximate surface area is 126 Å². The highest BCUT2D eigenvalue weighted by Gasteiger charge is 2.22. The van der Waals surface area contributed by atoms with E-state index in [0.29, 0.717) is 30.2 Å². The van der Waals surface area contributed by atoms with Gasteiger partial charge >= 0.3 is 0 Å². The number of methoxy groups -OCH3 is 1. The van der Waals surface area contributed by atoms with Crippen LogP contribution in [0.3, 0.4) is 0 Å². The highest BCUT2D eigenvalue weighted by atomic mass is 16.5. The Morgan fingerprint density at radius 3 is 2.38 bits per heavy atom. The van der Waals surface area contributed by atoms with Gasteiger partial charge in [-0.3, -0.25) is 4.79 Å². The quantitative estimate of drug-likeness (QED) is 0.839. The highest BCUT2D eigenvalue weighted by molar-refractivity contribution is 5.80. The normalized spacial score (nSPS) is 13.4. The third-order valence-electron chi connectivity index (χ3n) is 3.40. The van der Waals surface area contributed by atoms with Crippen LogP contribution in [0, 0.1) is 0 Å². The topological polar surface area (TPSA) is 59.0 Å². The van der Waals surface area contributed by atoms with E-state index < -0.39 is 12.2 Å². The molecule has 0 aliphatic carbocycles. The summed E-state index contributed by atoms with van der Waals surface area (Å²) in [5.41, 5.74) is 0.634. The molecule has 0 aliphatic heterocycles. The van der Waals surface area contributed by atoms with Crippen LogP contribution in [0.15, 0.2) is 18.2 Å². The van der Waals surface area contributed by atoms with Crippen molar-refractivity contribution in [2.24, 2.45) is 0 Å². The number of ether oxygens (including phenoxy) is 2. The average Bonchev–Trinajstić information content (AvgIpc) is 2.47. The summed E-state index contributed by atoms with van der Waals surface area (Å²) >= 11 is 0. The van der Waals surface area contributed by atoms with Crippen molar-refractivity contribution < 1.29 is 19.4 Å². The summed E-state index contributed by atoms with van der Waals surface area (Å²) in [4.78, 5) is 14.0. The van der Waals surface area contributed by atoms with Gasteiger partial charge in [0.1, 0.15) is 11.5 Å². The van der Waals surface area contributed by atoms with Gasteiger partial charge in [0.25, 0.3) is 5.91 Å². The number of benzene rings is 1. The highest BCUT2D eigenvalue weighted by Crippen LogP contribution is 2.30. The molecule has 0 aliphatic rings. The Morgan fingerprint density at radius 2 is 1.90 bits per heavy atom. The molecule has 21 heavy (non-hydrogen) atoms. The van der Waals surface area contributed by atoms with Gasteiger partial charge in [-0.1, -0.05) is 0 Å². The maximum atomic E-state index is 12.3. The summed E-state index contributed by atoms with van der Waals surface area (Å²) in [5.74, 6) is 1.02. The number of amides is 1. The molecule has 1 amide bonds. The van der Waals surface area contributed by atoms with E-state index in [1.165, 1.54) is 0 Å². The van der Waals surface area contributed by atoms with Gasteiger partial charge in [0.15, 0.2) is 6.10 Å². The lowest BCUT2D eigenvalue weighted by molar-refractivity contribution is -0.137. The van der Waals surface area contributed by atoms with Crippen LogP contribution < -0.4 is 9.47 Å². The zero-order chi connectivity index (χ0) is 16.0. The van der Waals surface area contributed by atoms with Crippen LogP contribution >= 0.6 is 0 Å². The van der Waals surface area contributed by atoms with Crippen molar-refractivity contribution in [2.45, 2.75) is 39.9 Å². The average molecular weight is 295 g/mol. The Morgan fingerprint density at radius 1 is 1.29 bits per heavy atom. The van der Waals surface area contributed by atoms with Crippen molar-refractivity contribution in [1.29, 1.82) is 0 Å². The maximum Gasteiger partial charge on any atom is 0.263 e. The lowest BCUT2D eigenvalue weighted by Gasteiger charge is -2.24. The molecular formula is C16H25NO4. The molecule has 0 fully saturated rings. The largest absolute Gasteiger partial charge is 0.497 e. The van der Waals surface area contributed by atoms with Gasteiger partial charge in [0.05, 0.1) is 13.2 Å². The molecule has 0 bridgehead atoms. The summed E-state index contributed by atoms with van der Waals surface area (Å²) in [6.07, 6.45) is -1.30. The van der Waals surface area contributed by atoms with Crippen molar-refractivity contribution in [3.63, 3.8) is 0 Å². The summed E-state index contributed by atoms with van der Waals surface area (Å²) in [7, 11) is 1.56. The molecule has 5 nitrogen and oxygen atoms in total. The number of likely N-dealkylation sites (N-methyl/N-ethyl adjacent to an activating group) is 1. The zero-order valence-electron chi connectivity index (χ0n) is 13.4. The molecule has 1 aromatic rings. The van der Waals surface area contributed by atoms with Crippen LogP contribution in [0.2, 0.25) is 0 Å². The Hall–Kier alpha value is -1.75. The summed E-state index contributed by atoms with van der Waals surface area (Å²) in [6.45, 7) is 8.52. The molecule has 1 aromatic carbocycles. The number of aliphatic hydroxyl groups excluding tert-OH is 1. The molecular weight excluding hydrogens is 270 g/mol. The van der Waals surface area contributed by atoms with Crippen molar-refractivity contribution in [3.8, 4) is 11.5 Å². The number of nitrogens with zero attached hydrogens (tertiary/aromatic N) is 1. The molecule has 0 radical (unpaired) electrons. The first-order valence-corrected chi connectivity index (χ1v) is 7.25. The lowest BCUT2D eigenvalue weighted by atomic mass is 10.1. The van der Waals surface area contributed by atoms with E-state index in [1.807, 2.05) is 13.8 Å². The van der Waals surface area contributed by atoms with Gasteiger partial charge in [-0.2, -0.15) is 0 Å². The lowest BCUT2D eigenvalue weighted by Crippen LogP contribution is -2.40. The number of hydrogen-bond donors (Lipinski definition) is 1.